The van der Waals surface area contributed by atoms with Crippen LogP contribution in [0.4, 0.5) is 0 Å². The van der Waals surface area contributed by atoms with Gasteiger partial charge in [0.2, 0.25) is 39.6 Å². The molecule has 2 saturated heterocycles. The summed E-state index contributed by atoms with van der Waals surface area (Å²) in [4.78, 5) is 84.7. The van der Waals surface area contributed by atoms with Crippen molar-refractivity contribution in [2.24, 2.45) is 39.4 Å². The second-order valence-electron chi connectivity index (χ2n) is 19.7. The largest absolute Gasteiger partial charge is 0.355 e. The smallest absolute Gasteiger partial charge is 0.259 e. The number of nitrogens with one attached hydrogen (secondary N) is 5. The van der Waals surface area contributed by atoms with Gasteiger partial charge in [0.25, 0.3) is 5.91 Å². The van der Waals surface area contributed by atoms with Crippen LogP contribution in [0.2, 0.25) is 0 Å². The van der Waals surface area contributed by atoms with Crippen LogP contribution in [0.15, 0.2) is 0 Å². The number of carbonyl (C=O) groups excluding carboxylic acids is 6. The highest BCUT2D eigenvalue weighted by Crippen LogP contribution is 2.88. The highest BCUT2D eigenvalue weighted by molar-refractivity contribution is 7.91. The van der Waals surface area contributed by atoms with Crippen LogP contribution < -0.4 is 26.0 Å². The van der Waals surface area contributed by atoms with Crippen LogP contribution in [0.3, 0.4) is 0 Å². The second-order valence-corrected chi connectivity index (χ2v) is 21.6. The van der Waals surface area contributed by atoms with E-state index in [2.05, 4.69) is 39.8 Å². The summed E-state index contributed by atoms with van der Waals surface area (Å²) < 4.78 is 27.9. The first-order valence-electron chi connectivity index (χ1n) is 20.8. The molecule has 55 heavy (non-hydrogen) atoms. The molecule has 0 aromatic carbocycles. The molecule has 2 aliphatic heterocycles. The maximum Gasteiger partial charge on any atom is 0.259 e. The molecule has 0 radical (unpaired) electrons. The van der Waals surface area contributed by atoms with Gasteiger partial charge in [-0.3, -0.25) is 33.5 Å². The minimum absolute atomic E-state index is 0.0141. The zero-order chi connectivity index (χ0) is 39.9. The molecule has 5 N–H and O–H groups in total. The normalized spacial score (nSPS) is 33.2. The van der Waals surface area contributed by atoms with Gasteiger partial charge >= 0.3 is 0 Å². The summed E-state index contributed by atoms with van der Waals surface area (Å²) >= 11 is 0. The molecule has 5 aliphatic carbocycles. The van der Waals surface area contributed by atoms with Crippen molar-refractivity contribution in [2.75, 3.05) is 13.1 Å². The van der Waals surface area contributed by atoms with Crippen LogP contribution in [0.5, 0.6) is 0 Å². The molecular formula is C40H62N6O8S. The SMILES string of the molecule is CC[C@H]1C[C@@]1(NC(=O)[C@@H]1C[C@@]2(CN1C(=O)[C@@H](NC(=O)[C@@H](NC(=O)C1CNC(=O)C1)C1CCCCC1)C(C)(C)C)C(C)(C)C21CCC1)C(=O)NS(=O)(=O)C1CC1. The molecule has 7 fully saturated rings. The molecule has 0 bridgehead atoms. The number of hydrogen-bond donors (Lipinski definition) is 5. The Morgan fingerprint density at radius 3 is 2.09 bits per heavy atom. The van der Waals surface area contributed by atoms with E-state index in [0.717, 1.165) is 51.4 Å². The fourth-order valence-corrected chi connectivity index (χ4v) is 12.7. The Hall–Kier alpha value is -3.23. The lowest BCUT2D eigenvalue weighted by atomic mass is 9.73. The van der Waals surface area contributed by atoms with Crippen molar-refractivity contribution in [3.63, 3.8) is 0 Å². The Bertz CT molecular complexity index is 1740. The Kier molecular flexibility index (Phi) is 9.97. The molecule has 0 aromatic heterocycles. The minimum Gasteiger partial charge on any atom is -0.355 e. The van der Waals surface area contributed by atoms with E-state index < -0.39 is 73.9 Å². The fraction of sp³-hybridized carbons (Fsp3) is 0.850. The average Bonchev–Trinajstić information content (AvgIpc) is 4.04. The third kappa shape index (κ3) is 6.65. The Morgan fingerprint density at radius 1 is 0.909 bits per heavy atom. The van der Waals surface area contributed by atoms with Gasteiger partial charge < -0.3 is 26.2 Å². The zero-order valence-corrected chi connectivity index (χ0v) is 34.3. The lowest BCUT2D eigenvalue weighted by molar-refractivity contribution is -0.145. The molecule has 7 aliphatic rings. The van der Waals surface area contributed by atoms with Gasteiger partial charge in [-0.1, -0.05) is 73.6 Å². The number of fused-ring (bicyclic) bond motifs is 1. The van der Waals surface area contributed by atoms with E-state index in [1.54, 1.807) is 4.90 Å². The number of hydrogen-bond acceptors (Lipinski definition) is 8. The van der Waals surface area contributed by atoms with E-state index in [4.69, 9.17) is 0 Å². The van der Waals surface area contributed by atoms with Gasteiger partial charge in [-0.05, 0) is 79.4 Å². The first-order chi connectivity index (χ1) is 25.7. The highest BCUT2D eigenvalue weighted by atomic mass is 32.2. The van der Waals surface area contributed by atoms with Crippen LogP contribution in [-0.4, -0.2) is 90.8 Å². The summed E-state index contributed by atoms with van der Waals surface area (Å²) in [6.45, 7) is 12.5. The predicted octanol–water partition coefficient (Wildman–Crippen LogP) is 2.41. The molecule has 2 spiro atoms. The topological polar surface area (TPSA) is 200 Å². The second kappa shape index (κ2) is 13.7. The van der Waals surface area contributed by atoms with E-state index >= 15 is 4.79 Å². The summed E-state index contributed by atoms with van der Waals surface area (Å²) in [6, 6.07) is -2.87. The molecule has 7 atom stereocenters. The van der Waals surface area contributed by atoms with Crippen LogP contribution in [0, 0.1) is 39.4 Å². The molecule has 6 amide bonds. The number of sulfonamides is 1. The Balaban J connectivity index is 1.15. The first kappa shape index (κ1) is 40.0. The van der Waals surface area contributed by atoms with Gasteiger partial charge in [0, 0.05) is 24.9 Å². The Labute approximate surface area is 325 Å². The van der Waals surface area contributed by atoms with E-state index in [1.165, 1.54) is 0 Å². The maximum absolute atomic E-state index is 15.1. The van der Waals surface area contributed by atoms with E-state index in [1.807, 2.05) is 27.7 Å². The van der Waals surface area contributed by atoms with Crippen LogP contribution >= 0.6 is 0 Å². The van der Waals surface area contributed by atoms with E-state index in [-0.39, 0.29) is 52.9 Å². The minimum atomic E-state index is -3.84. The lowest BCUT2D eigenvalue weighted by Gasteiger charge is -2.38. The molecule has 1 unspecified atom stereocenters. The maximum atomic E-state index is 15.1. The summed E-state index contributed by atoms with van der Waals surface area (Å²) in [5.41, 5.74) is -2.65. The predicted molar refractivity (Wildman–Crippen MR) is 203 cm³/mol. The lowest BCUT2D eigenvalue weighted by Crippen LogP contribution is -2.62. The standard InChI is InChI=1S/C40H62N6O8S/c1-7-25-19-40(25,35(52)45-55(53,54)26-14-15-26)44-32(49)27-20-39(37(5,6)38(39)16-11-17-38)22-46(27)34(51)30(36(2,3)4)43-33(50)29(23-12-9-8-10-13-23)42-31(48)24-18-28(47)41-21-24/h23-27,29-30H,7-22H2,1-6H3,(H,41,47)(H,42,48)(H,43,50)(H,44,49)(H,45,52)/t24?,25-,27-,29-,30+,39+,40-/m0/s1. The number of rotatable bonds is 12. The number of carbonyl (C=O) groups is 6. The zero-order valence-electron chi connectivity index (χ0n) is 33.5. The summed E-state index contributed by atoms with van der Waals surface area (Å²) in [6.07, 6.45) is 9.80. The first-order valence-corrected chi connectivity index (χ1v) is 22.3. The molecule has 7 rings (SSSR count). The fourth-order valence-electron chi connectivity index (χ4n) is 11.3. The highest BCUT2D eigenvalue weighted by Gasteiger charge is 2.85. The quantitative estimate of drug-likeness (QED) is 0.199. The van der Waals surface area contributed by atoms with Gasteiger partial charge in [0.1, 0.15) is 23.7 Å². The molecule has 14 nitrogen and oxygen atoms in total. The van der Waals surface area contributed by atoms with Crippen molar-refractivity contribution >= 4 is 45.5 Å². The molecule has 5 saturated carbocycles. The van der Waals surface area contributed by atoms with Crippen molar-refractivity contribution in [1.29, 1.82) is 0 Å². The monoisotopic (exact) mass is 786 g/mol. The van der Waals surface area contributed by atoms with Crippen molar-refractivity contribution in [3.8, 4) is 0 Å². The van der Waals surface area contributed by atoms with Gasteiger partial charge in [-0.25, -0.2) is 8.42 Å². The van der Waals surface area contributed by atoms with Gasteiger partial charge in [-0.2, -0.15) is 0 Å². The van der Waals surface area contributed by atoms with Crippen LogP contribution in [0.25, 0.3) is 0 Å². The van der Waals surface area contributed by atoms with E-state index in [9.17, 15) is 32.4 Å². The van der Waals surface area contributed by atoms with Gasteiger partial charge in [0.05, 0.1) is 11.2 Å². The summed E-state index contributed by atoms with van der Waals surface area (Å²) in [5.74, 6) is -3.58. The van der Waals surface area contributed by atoms with Crippen molar-refractivity contribution in [2.45, 2.75) is 160 Å². The Morgan fingerprint density at radius 2 is 1.58 bits per heavy atom. The van der Waals surface area contributed by atoms with Crippen LogP contribution in [-0.2, 0) is 38.8 Å². The molecular weight excluding hydrogens is 725 g/mol. The molecule has 15 heteroatoms. The number of likely N-dealkylation sites (tertiary alicyclic amines) is 1. The molecule has 2 heterocycles. The van der Waals surface area contributed by atoms with Crippen LogP contribution in [0.1, 0.15) is 131 Å². The third-order valence-corrected chi connectivity index (χ3v) is 17.2. The van der Waals surface area contributed by atoms with Crippen molar-refractivity contribution in [1.82, 2.24) is 30.9 Å². The third-order valence-electron chi connectivity index (χ3n) is 15.4. The number of nitrogens with zero attached hydrogens (tertiary/aromatic N) is 1. The van der Waals surface area contributed by atoms with Crippen molar-refractivity contribution in [3.05, 3.63) is 0 Å². The van der Waals surface area contributed by atoms with Gasteiger partial charge in [-0.15, -0.1) is 0 Å². The summed E-state index contributed by atoms with van der Waals surface area (Å²) in [5, 5.41) is 11.1. The summed E-state index contributed by atoms with van der Waals surface area (Å²) in [7, 11) is -3.84. The average molecular weight is 787 g/mol. The number of amides is 6. The van der Waals surface area contributed by atoms with Gasteiger partial charge in [0.15, 0.2) is 0 Å². The molecule has 0 aromatic rings. The molecule has 306 valence electrons. The van der Waals surface area contributed by atoms with E-state index in [0.29, 0.717) is 38.6 Å². The van der Waals surface area contributed by atoms with Crippen molar-refractivity contribution < 1.29 is 37.2 Å².